The Kier molecular flexibility index (Phi) is 4.15. The van der Waals surface area contributed by atoms with E-state index in [9.17, 15) is 0 Å². The van der Waals surface area contributed by atoms with Gasteiger partial charge in [-0.25, -0.2) is 0 Å². The Morgan fingerprint density at radius 3 is 3.05 bits per heavy atom. The lowest BCUT2D eigenvalue weighted by Crippen LogP contribution is -2.48. The van der Waals surface area contributed by atoms with Crippen LogP contribution in [0.5, 0.6) is 0 Å². The van der Waals surface area contributed by atoms with E-state index in [1.165, 1.54) is 12.1 Å². The molecule has 2 heterocycles. The van der Waals surface area contributed by atoms with Gasteiger partial charge in [-0.1, -0.05) is 19.1 Å². The first-order chi connectivity index (χ1) is 9.71. The molecule has 0 amide bonds. The molecule has 3 aliphatic rings. The van der Waals surface area contributed by atoms with Gasteiger partial charge in [-0.05, 0) is 25.3 Å². The Bertz CT molecular complexity index is 407. The van der Waals surface area contributed by atoms with Crippen LogP contribution in [0.3, 0.4) is 0 Å². The standard InChI is InChI=1S/C16H26N2O2/c1-16(15-14-10-13(20-15)11-18-14)6-4-12(5-7-16)17-8-3-9-19-2/h4-6,13-15,17-18H,3,7-11H2,1-2H3/t13-,14-,15-,16?/m0/s1. The van der Waals surface area contributed by atoms with Gasteiger partial charge in [0.15, 0.2) is 0 Å². The van der Waals surface area contributed by atoms with Crippen molar-refractivity contribution in [3.05, 3.63) is 23.9 Å². The third-order valence-electron chi connectivity index (χ3n) is 4.74. The Morgan fingerprint density at radius 2 is 2.45 bits per heavy atom. The van der Waals surface area contributed by atoms with Gasteiger partial charge in [0.05, 0.1) is 12.2 Å². The van der Waals surface area contributed by atoms with Crippen molar-refractivity contribution in [1.29, 1.82) is 0 Å². The average Bonchev–Trinajstić information content (AvgIpc) is 3.09. The predicted molar refractivity (Wildman–Crippen MR) is 79.5 cm³/mol. The number of hydrogen-bond donors (Lipinski definition) is 2. The Labute approximate surface area is 121 Å². The van der Waals surface area contributed by atoms with Gasteiger partial charge >= 0.3 is 0 Å². The number of hydrogen-bond acceptors (Lipinski definition) is 4. The summed E-state index contributed by atoms with van der Waals surface area (Å²) in [6.07, 6.45) is 10.9. The van der Waals surface area contributed by atoms with Crippen LogP contribution < -0.4 is 10.6 Å². The summed E-state index contributed by atoms with van der Waals surface area (Å²) in [5, 5.41) is 7.04. The smallest absolute Gasteiger partial charge is 0.0824 e. The second kappa shape index (κ2) is 5.88. The molecule has 0 aromatic carbocycles. The van der Waals surface area contributed by atoms with Crippen LogP contribution in [0.4, 0.5) is 0 Å². The summed E-state index contributed by atoms with van der Waals surface area (Å²) in [6, 6.07) is 0.541. The first-order valence-electron chi connectivity index (χ1n) is 7.72. The number of morpholine rings is 1. The number of allylic oxidation sites excluding steroid dienone is 2. The Balaban J connectivity index is 1.52. The highest BCUT2D eigenvalue weighted by Crippen LogP contribution is 2.42. The van der Waals surface area contributed by atoms with E-state index in [2.05, 4.69) is 35.8 Å². The molecule has 4 nitrogen and oxygen atoms in total. The van der Waals surface area contributed by atoms with Crippen molar-refractivity contribution < 1.29 is 9.47 Å². The van der Waals surface area contributed by atoms with Gasteiger partial charge in [0.2, 0.25) is 0 Å². The molecule has 2 fully saturated rings. The summed E-state index contributed by atoms with van der Waals surface area (Å²) >= 11 is 0. The molecular formula is C16H26N2O2. The molecule has 2 bridgehead atoms. The topological polar surface area (TPSA) is 42.5 Å². The van der Waals surface area contributed by atoms with E-state index >= 15 is 0 Å². The molecule has 4 heteroatoms. The van der Waals surface area contributed by atoms with Crippen LogP contribution in [0.25, 0.3) is 0 Å². The van der Waals surface area contributed by atoms with Gasteiger partial charge in [-0.2, -0.15) is 0 Å². The minimum atomic E-state index is 0.130. The zero-order valence-corrected chi connectivity index (χ0v) is 12.5. The van der Waals surface area contributed by atoms with E-state index in [0.29, 0.717) is 18.2 Å². The number of ether oxygens (including phenoxy) is 2. The quantitative estimate of drug-likeness (QED) is 0.724. The maximum Gasteiger partial charge on any atom is 0.0824 e. The van der Waals surface area contributed by atoms with Crippen molar-refractivity contribution in [3.8, 4) is 0 Å². The van der Waals surface area contributed by atoms with E-state index in [4.69, 9.17) is 9.47 Å². The van der Waals surface area contributed by atoms with Crippen molar-refractivity contribution in [3.63, 3.8) is 0 Å². The lowest BCUT2D eigenvalue weighted by molar-refractivity contribution is -0.0381. The molecular weight excluding hydrogens is 252 g/mol. The van der Waals surface area contributed by atoms with Crippen LogP contribution in [0.2, 0.25) is 0 Å². The number of methoxy groups -OCH3 is 1. The molecule has 1 aliphatic carbocycles. The van der Waals surface area contributed by atoms with Crippen molar-refractivity contribution in [2.24, 2.45) is 5.41 Å². The second-order valence-electron chi connectivity index (χ2n) is 6.41. The fourth-order valence-electron chi connectivity index (χ4n) is 3.52. The van der Waals surface area contributed by atoms with E-state index in [1.54, 1.807) is 7.11 Å². The molecule has 3 rings (SSSR count). The summed E-state index contributed by atoms with van der Waals surface area (Å²) in [5.41, 5.74) is 1.36. The predicted octanol–water partition coefficient (Wildman–Crippen LogP) is 1.59. The molecule has 20 heavy (non-hydrogen) atoms. The number of fused-ring (bicyclic) bond motifs is 2. The fourth-order valence-corrected chi connectivity index (χ4v) is 3.52. The van der Waals surface area contributed by atoms with Crippen molar-refractivity contribution in [2.45, 2.75) is 44.4 Å². The van der Waals surface area contributed by atoms with Crippen LogP contribution in [-0.4, -0.2) is 45.1 Å². The lowest BCUT2D eigenvalue weighted by atomic mass is 9.75. The van der Waals surface area contributed by atoms with Crippen molar-refractivity contribution >= 4 is 0 Å². The molecule has 4 atom stereocenters. The third-order valence-corrected chi connectivity index (χ3v) is 4.74. The van der Waals surface area contributed by atoms with Gasteiger partial charge in [0.25, 0.3) is 0 Å². The number of nitrogens with one attached hydrogen (secondary N) is 2. The molecule has 0 radical (unpaired) electrons. The van der Waals surface area contributed by atoms with E-state index in [1.807, 2.05) is 0 Å². The maximum absolute atomic E-state index is 6.17. The average molecular weight is 278 g/mol. The van der Waals surface area contributed by atoms with Crippen LogP contribution in [0, 0.1) is 5.41 Å². The van der Waals surface area contributed by atoms with Gasteiger partial charge in [-0.15, -0.1) is 0 Å². The van der Waals surface area contributed by atoms with Crippen LogP contribution >= 0.6 is 0 Å². The minimum Gasteiger partial charge on any atom is -0.385 e. The Morgan fingerprint density at radius 1 is 1.55 bits per heavy atom. The first-order valence-corrected chi connectivity index (χ1v) is 7.72. The third kappa shape index (κ3) is 2.78. The first kappa shape index (κ1) is 14.1. The van der Waals surface area contributed by atoms with E-state index in [0.717, 1.165) is 32.5 Å². The van der Waals surface area contributed by atoms with E-state index in [-0.39, 0.29) is 5.41 Å². The molecule has 2 saturated heterocycles. The second-order valence-corrected chi connectivity index (χ2v) is 6.41. The largest absolute Gasteiger partial charge is 0.385 e. The normalized spacial score (nSPS) is 39.1. The Hall–Kier alpha value is -0.840. The van der Waals surface area contributed by atoms with Gasteiger partial charge in [0, 0.05) is 44.0 Å². The van der Waals surface area contributed by atoms with Gasteiger partial charge in [0.1, 0.15) is 0 Å². The molecule has 0 saturated carbocycles. The molecule has 112 valence electrons. The fraction of sp³-hybridized carbons (Fsp3) is 0.750. The van der Waals surface area contributed by atoms with Gasteiger partial charge in [-0.3, -0.25) is 0 Å². The van der Waals surface area contributed by atoms with Crippen LogP contribution in [0.1, 0.15) is 26.2 Å². The molecule has 0 aromatic rings. The monoisotopic (exact) mass is 278 g/mol. The molecule has 0 spiro atoms. The highest BCUT2D eigenvalue weighted by Gasteiger charge is 2.48. The molecule has 1 unspecified atom stereocenters. The summed E-state index contributed by atoms with van der Waals surface area (Å²) < 4.78 is 11.2. The van der Waals surface area contributed by atoms with Crippen molar-refractivity contribution in [2.75, 3.05) is 26.8 Å². The maximum atomic E-state index is 6.17. The zero-order chi connectivity index (χ0) is 14.0. The highest BCUT2D eigenvalue weighted by atomic mass is 16.5. The molecule has 2 N–H and O–H groups in total. The van der Waals surface area contributed by atoms with E-state index < -0.39 is 0 Å². The van der Waals surface area contributed by atoms with Gasteiger partial charge < -0.3 is 20.1 Å². The SMILES string of the molecule is COCCCNC1=CCC(C)([C@H]2O[C@@H]3CN[C@H]2C3)C=C1. The summed E-state index contributed by atoms with van der Waals surface area (Å²) in [4.78, 5) is 0. The summed E-state index contributed by atoms with van der Waals surface area (Å²) in [7, 11) is 1.74. The lowest BCUT2D eigenvalue weighted by Gasteiger charge is -2.39. The molecule has 0 aromatic heterocycles. The summed E-state index contributed by atoms with van der Waals surface area (Å²) in [5.74, 6) is 0. The highest BCUT2D eigenvalue weighted by molar-refractivity contribution is 5.27. The zero-order valence-electron chi connectivity index (χ0n) is 12.5. The molecule has 2 aliphatic heterocycles. The summed E-state index contributed by atoms with van der Waals surface area (Å²) in [6.45, 7) is 5.12. The minimum absolute atomic E-state index is 0.130. The van der Waals surface area contributed by atoms with Crippen molar-refractivity contribution in [1.82, 2.24) is 10.6 Å². The number of rotatable bonds is 6. The van der Waals surface area contributed by atoms with Crippen LogP contribution in [0.15, 0.2) is 23.9 Å². The van der Waals surface area contributed by atoms with Crippen LogP contribution in [-0.2, 0) is 9.47 Å².